The highest BCUT2D eigenvalue weighted by molar-refractivity contribution is 5.95. The number of benzene rings is 2. The van der Waals surface area contributed by atoms with Gasteiger partial charge in [0.15, 0.2) is 22.3 Å². The van der Waals surface area contributed by atoms with Crippen molar-refractivity contribution in [3.05, 3.63) is 162 Å². The minimum absolute atomic E-state index is 0. The Hall–Kier alpha value is -9.62. The molecule has 0 atom stereocenters. The molecule has 26 heteroatoms. The number of piperazine rings is 2. The molecule has 8 aromatic rings. The second-order valence-corrected chi connectivity index (χ2v) is 18.0. The zero-order valence-corrected chi connectivity index (χ0v) is 41.6. The Morgan fingerprint density at radius 1 is 0.513 bits per heavy atom. The van der Waals surface area contributed by atoms with Gasteiger partial charge in [0.2, 0.25) is 11.8 Å². The van der Waals surface area contributed by atoms with Gasteiger partial charge in [-0.3, -0.25) is 47.0 Å². The fourth-order valence-electron chi connectivity index (χ4n) is 8.92. The topological polar surface area (TPSA) is 255 Å². The maximum Gasteiger partial charge on any atom is 0.332 e. The van der Waals surface area contributed by atoms with Gasteiger partial charge in [0.1, 0.15) is 36.4 Å². The van der Waals surface area contributed by atoms with Gasteiger partial charge in [0, 0.05) is 94.5 Å². The molecule has 0 unspecified atom stereocenters. The number of hydrogen-bond donors (Lipinski definition) is 2. The lowest BCUT2D eigenvalue weighted by atomic mass is 10.1. The predicted octanol–water partition coefficient (Wildman–Crippen LogP) is 1.63. The van der Waals surface area contributed by atoms with Crippen molar-refractivity contribution < 1.29 is 30.8 Å². The Labute approximate surface area is 432 Å². The first-order valence-corrected chi connectivity index (χ1v) is 23.8. The van der Waals surface area contributed by atoms with Crippen LogP contribution in [0.4, 0.5) is 31.8 Å². The quantitative estimate of drug-likeness (QED) is 0.198. The van der Waals surface area contributed by atoms with Gasteiger partial charge in [-0.05, 0) is 66.7 Å². The van der Waals surface area contributed by atoms with Crippen molar-refractivity contribution >= 4 is 69.0 Å². The van der Waals surface area contributed by atoms with E-state index in [1.165, 1.54) is 102 Å². The molecule has 2 saturated heterocycles. The summed E-state index contributed by atoms with van der Waals surface area (Å²) < 4.78 is 33.8. The van der Waals surface area contributed by atoms with Crippen LogP contribution in [0.2, 0.25) is 0 Å². The molecule has 6 aromatic heterocycles. The molecular formula is C50H54F2N16O8. The largest absolute Gasteiger partial charge is 0.367 e. The van der Waals surface area contributed by atoms with Crippen LogP contribution in [0.25, 0.3) is 22.3 Å². The molecule has 2 fully saturated rings. The van der Waals surface area contributed by atoms with Crippen LogP contribution in [-0.4, -0.2) is 133 Å². The van der Waals surface area contributed by atoms with E-state index in [1.807, 2.05) is 12.1 Å². The normalized spacial score (nSPS) is 13.7. The first-order chi connectivity index (χ1) is 36.4. The van der Waals surface area contributed by atoms with Crippen LogP contribution in [-0.2, 0) is 50.9 Å². The maximum absolute atomic E-state index is 13.5. The van der Waals surface area contributed by atoms with E-state index in [9.17, 15) is 47.1 Å². The standard InChI is InChI=1S/2C25H25FN8O4.2H2/c1-30-22-21(24(37)31(2)25(30)38)34(15-28-22)14-20(35)29-19-8-7-18(13-27-19)32-9-11-33(12-10-32)23(36)16-3-5-17(26)6-4-16;1-30-22-21(24(37)31(2)25(30)38)34(15-28-22)14-20(35)29-19-7-6-18(13-27-19)32-8-10-33(11-9-32)23(36)16-4-3-5-17(26)12-16;;/h3-8,13,15H,9-12,14H2,1-2H3,(H,27,29,35);3-7,12-13,15H,8-11,14H2,1-2H3,(H,27,29,35);2*1H. The Balaban J connectivity index is 0.000000220. The summed E-state index contributed by atoms with van der Waals surface area (Å²) in [6.45, 7) is 4.00. The second-order valence-electron chi connectivity index (χ2n) is 18.0. The minimum atomic E-state index is -0.534. The summed E-state index contributed by atoms with van der Waals surface area (Å²) >= 11 is 0. The maximum atomic E-state index is 13.5. The molecule has 0 aliphatic carbocycles. The Bertz CT molecular complexity index is 3790. The van der Waals surface area contributed by atoms with Crippen LogP contribution in [0.1, 0.15) is 23.6 Å². The SMILES string of the molecule is Cn1c(=O)c2c(ncn2CC(=O)Nc2ccc(N3CCN(C(=O)c4ccc(F)cc4)CC3)cn2)n(C)c1=O.Cn1c(=O)c2c(ncn2CC(=O)Nc2ccc(N3CCN(C(=O)c4cccc(F)c4)CC3)cn2)n(C)c1=O.[HH].[HH]. The first-order valence-electron chi connectivity index (χ1n) is 23.8. The van der Waals surface area contributed by atoms with Crippen LogP contribution < -0.4 is 42.9 Å². The number of anilines is 4. The van der Waals surface area contributed by atoms with E-state index in [2.05, 4.69) is 40.4 Å². The van der Waals surface area contributed by atoms with E-state index < -0.39 is 40.1 Å². The fourth-order valence-corrected chi connectivity index (χ4v) is 8.92. The number of halogens is 2. The molecule has 0 radical (unpaired) electrons. The molecule has 10 rings (SSSR count). The number of carbonyl (C=O) groups excluding carboxylic acids is 4. The number of pyridine rings is 2. The van der Waals surface area contributed by atoms with Crippen LogP contribution in [0.5, 0.6) is 0 Å². The number of carbonyl (C=O) groups is 4. The number of aromatic nitrogens is 10. The van der Waals surface area contributed by atoms with E-state index in [-0.39, 0.29) is 55.9 Å². The van der Waals surface area contributed by atoms with Gasteiger partial charge in [-0.25, -0.2) is 38.3 Å². The van der Waals surface area contributed by atoms with Crippen molar-refractivity contribution in [2.24, 2.45) is 28.2 Å². The van der Waals surface area contributed by atoms with Gasteiger partial charge in [0.05, 0.1) is 36.4 Å². The zero-order valence-electron chi connectivity index (χ0n) is 41.6. The second kappa shape index (κ2) is 21.5. The molecule has 396 valence electrons. The van der Waals surface area contributed by atoms with Gasteiger partial charge in [-0.2, -0.15) is 0 Å². The molecule has 8 heterocycles. The zero-order chi connectivity index (χ0) is 53.9. The molecular weight excluding hydrogens is 991 g/mol. The molecule has 2 N–H and O–H groups in total. The third kappa shape index (κ3) is 10.6. The van der Waals surface area contributed by atoms with Crippen LogP contribution in [0, 0.1) is 11.6 Å². The van der Waals surface area contributed by atoms with Crippen LogP contribution in [0.15, 0.2) is 117 Å². The Morgan fingerprint density at radius 3 is 1.36 bits per heavy atom. The van der Waals surface area contributed by atoms with E-state index >= 15 is 0 Å². The number of hydrogen-bond acceptors (Lipinski definition) is 14. The summed E-state index contributed by atoms with van der Waals surface area (Å²) in [6, 6.07) is 18.2. The molecule has 24 nitrogen and oxygen atoms in total. The van der Waals surface area contributed by atoms with E-state index in [0.29, 0.717) is 75.1 Å². The molecule has 0 saturated carbocycles. The van der Waals surface area contributed by atoms with Crippen molar-refractivity contribution in [1.82, 2.24) is 57.1 Å². The summed E-state index contributed by atoms with van der Waals surface area (Å²) in [5, 5.41) is 5.41. The Kier molecular flexibility index (Phi) is 14.5. The molecule has 2 aromatic carbocycles. The lowest BCUT2D eigenvalue weighted by Gasteiger charge is -2.36. The molecule has 2 aliphatic rings. The number of amides is 4. The summed E-state index contributed by atoms with van der Waals surface area (Å²) in [5.74, 6) is -1.30. The minimum Gasteiger partial charge on any atom is -0.367 e. The average molecular weight is 1050 g/mol. The molecule has 2 aliphatic heterocycles. The van der Waals surface area contributed by atoms with Gasteiger partial charge >= 0.3 is 11.4 Å². The van der Waals surface area contributed by atoms with Gasteiger partial charge in [0.25, 0.3) is 22.9 Å². The Morgan fingerprint density at radius 2 is 0.947 bits per heavy atom. The van der Waals surface area contributed by atoms with Gasteiger partial charge in [-0.15, -0.1) is 0 Å². The van der Waals surface area contributed by atoms with Crippen molar-refractivity contribution in [3.63, 3.8) is 0 Å². The summed E-state index contributed by atoms with van der Waals surface area (Å²) in [6.07, 6.45) is 5.98. The van der Waals surface area contributed by atoms with Crippen molar-refractivity contribution in [1.29, 1.82) is 0 Å². The number of aryl methyl sites for hydroxylation is 2. The number of rotatable bonds is 10. The van der Waals surface area contributed by atoms with Crippen LogP contribution in [0.3, 0.4) is 0 Å². The molecule has 0 bridgehead atoms. The lowest BCUT2D eigenvalue weighted by molar-refractivity contribution is -0.117. The third-order valence-electron chi connectivity index (χ3n) is 13.1. The molecule has 4 amide bonds. The predicted molar refractivity (Wildman–Crippen MR) is 279 cm³/mol. The third-order valence-corrected chi connectivity index (χ3v) is 13.1. The van der Waals surface area contributed by atoms with Gasteiger partial charge < -0.3 is 39.4 Å². The molecule has 0 spiro atoms. The monoisotopic (exact) mass is 1040 g/mol. The van der Waals surface area contributed by atoms with Crippen molar-refractivity contribution in [2.45, 2.75) is 13.1 Å². The summed E-state index contributed by atoms with van der Waals surface area (Å²) in [7, 11) is 5.76. The number of nitrogens with zero attached hydrogens (tertiary/aromatic N) is 14. The van der Waals surface area contributed by atoms with E-state index in [4.69, 9.17) is 0 Å². The highest BCUT2D eigenvalue weighted by Gasteiger charge is 2.25. The van der Waals surface area contributed by atoms with Crippen LogP contribution >= 0.6 is 0 Å². The fraction of sp³-hybridized carbons (Fsp3) is 0.280. The highest BCUT2D eigenvalue weighted by Crippen LogP contribution is 2.21. The smallest absolute Gasteiger partial charge is 0.332 e. The van der Waals surface area contributed by atoms with Gasteiger partial charge in [-0.1, -0.05) is 6.07 Å². The van der Waals surface area contributed by atoms with E-state index in [1.54, 1.807) is 40.4 Å². The lowest BCUT2D eigenvalue weighted by Crippen LogP contribution is -2.48. The summed E-state index contributed by atoms with van der Waals surface area (Å²) in [4.78, 5) is 124. The number of nitrogens with one attached hydrogen (secondary N) is 2. The summed E-state index contributed by atoms with van der Waals surface area (Å²) in [5.41, 5.74) is 1.12. The molecule has 76 heavy (non-hydrogen) atoms. The number of imidazole rings is 2. The van der Waals surface area contributed by atoms with Crippen molar-refractivity contribution in [2.75, 3.05) is 72.8 Å². The number of fused-ring (bicyclic) bond motifs is 2. The average Bonchev–Trinajstić information content (AvgIpc) is 4.13. The van der Waals surface area contributed by atoms with Crippen molar-refractivity contribution in [3.8, 4) is 0 Å². The van der Waals surface area contributed by atoms with E-state index in [0.717, 1.165) is 20.5 Å². The first kappa shape index (κ1) is 51.3. The highest BCUT2D eigenvalue weighted by atomic mass is 19.1.